The Morgan fingerprint density at radius 3 is 2.72 bits per heavy atom. The fourth-order valence-corrected chi connectivity index (χ4v) is 3.62. The van der Waals surface area contributed by atoms with Gasteiger partial charge in [-0.05, 0) is 37.5 Å². The van der Waals surface area contributed by atoms with Gasteiger partial charge in [0.15, 0.2) is 11.5 Å². The lowest BCUT2D eigenvalue weighted by atomic mass is 10.1. The van der Waals surface area contributed by atoms with Gasteiger partial charge >= 0.3 is 0 Å². The number of hydrogen-bond donors (Lipinski definition) is 2. The van der Waals surface area contributed by atoms with Crippen molar-refractivity contribution in [1.82, 2.24) is 20.1 Å². The standard InChI is InChI=1S/C24H23N5O3/c1-4-5-21(30)29-11-9-18(15-29)26-24-22-17(8-10-25-23(22)27-28-24)7-6-16-12-19(31-2)14-20(13-16)32-3/h8,10,12-14,18H,9,11,15H2,1-3H3,(H2,25,26,27,28). The second-order valence-electron chi connectivity index (χ2n) is 7.26. The first-order chi connectivity index (χ1) is 15.6. The molecule has 4 rings (SSSR count). The van der Waals surface area contributed by atoms with Crippen LogP contribution in [0, 0.1) is 23.7 Å². The Labute approximate surface area is 186 Å². The van der Waals surface area contributed by atoms with Gasteiger partial charge in [0.1, 0.15) is 11.5 Å². The molecule has 2 aromatic heterocycles. The smallest absolute Gasteiger partial charge is 0.298 e. The monoisotopic (exact) mass is 429 g/mol. The summed E-state index contributed by atoms with van der Waals surface area (Å²) in [5.74, 6) is 13.5. The minimum absolute atomic E-state index is 0.0766. The number of rotatable bonds is 4. The predicted molar refractivity (Wildman–Crippen MR) is 121 cm³/mol. The van der Waals surface area contributed by atoms with E-state index in [1.807, 2.05) is 18.2 Å². The molecule has 1 atom stereocenters. The number of benzene rings is 1. The van der Waals surface area contributed by atoms with E-state index in [1.54, 1.807) is 38.3 Å². The molecule has 2 N–H and O–H groups in total. The number of hydrogen-bond acceptors (Lipinski definition) is 6. The van der Waals surface area contributed by atoms with Crippen LogP contribution in [0.3, 0.4) is 0 Å². The number of carbonyl (C=O) groups is 1. The molecule has 162 valence electrons. The Morgan fingerprint density at radius 1 is 1.22 bits per heavy atom. The number of H-pyrrole nitrogens is 1. The van der Waals surface area contributed by atoms with Gasteiger partial charge in [-0.3, -0.25) is 9.89 Å². The quantitative estimate of drug-likeness (QED) is 0.619. The van der Waals surface area contributed by atoms with Gasteiger partial charge in [-0.1, -0.05) is 17.8 Å². The lowest BCUT2D eigenvalue weighted by Gasteiger charge is -2.14. The van der Waals surface area contributed by atoms with Gasteiger partial charge < -0.3 is 19.7 Å². The minimum Gasteiger partial charge on any atom is -0.497 e. The van der Waals surface area contributed by atoms with E-state index in [2.05, 4.69) is 44.2 Å². The van der Waals surface area contributed by atoms with Crippen LogP contribution in [0.2, 0.25) is 0 Å². The second-order valence-corrected chi connectivity index (χ2v) is 7.26. The van der Waals surface area contributed by atoms with Gasteiger partial charge in [0.05, 0.1) is 19.6 Å². The second kappa shape index (κ2) is 9.32. The molecule has 1 unspecified atom stereocenters. The van der Waals surface area contributed by atoms with Crippen LogP contribution in [0.5, 0.6) is 11.5 Å². The molecule has 8 heteroatoms. The first-order valence-corrected chi connectivity index (χ1v) is 10.2. The average Bonchev–Trinajstić information content (AvgIpc) is 3.45. The molecule has 0 aliphatic carbocycles. The topological polar surface area (TPSA) is 92.4 Å². The molecule has 0 spiro atoms. The molecule has 0 radical (unpaired) electrons. The molecule has 1 amide bonds. The van der Waals surface area contributed by atoms with E-state index in [0.29, 0.717) is 36.1 Å². The van der Waals surface area contributed by atoms with Crippen molar-refractivity contribution in [3.63, 3.8) is 0 Å². The predicted octanol–water partition coefficient (Wildman–Crippen LogP) is 2.41. The Hall–Kier alpha value is -4.17. The van der Waals surface area contributed by atoms with Crippen LogP contribution < -0.4 is 14.8 Å². The van der Waals surface area contributed by atoms with Crippen molar-refractivity contribution in [2.75, 3.05) is 32.6 Å². The van der Waals surface area contributed by atoms with Gasteiger partial charge in [-0.15, -0.1) is 0 Å². The van der Waals surface area contributed by atoms with Crippen LogP contribution in [-0.2, 0) is 4.79 Å². The van der Waals surface area contributed by atoms with Crippen LogP contribution in [0.15, 0.2) is 30.5 Å². The van der Waals surface area contributed by atoms with E-state index in [0.717, 1.165) is 22.9 Å². The molecule has 3 aromatic rings. The molecule has 32 heavy (non-hydrogen) atoms. The van der Waals surface area contributed by atoms with Gasteiger partial charge in [0, 0.05) is 42.5 Å². The maximum Gasteiger partial charge on any atom is 0.298 e. The van der Waals surface area contributed by atoms with E-state index < -0.39 is 0 Å². The lowest BCUT2D eigenvalue weighted by molar-refractivity contribution is -0.124. The highest BCUT2D eigenvalue weighted by molar-refractivity contribution is 5.94. The third kappa shape index (κ3) is 4.45. The first-order valence-electron chi connectivity index (χ1n) is 10.2. The number of methoxy groups -OCH3 is 2. The molecular formula is C24H23N5O3. The highest BCUT2D eigenvalue weighted by Crippen LogP contribution is 2.26. The highest BCUT2D eigenvalue weighted by atomic mass is 16.5. The summed E-state index contributed by atoms with van der Waals surface area (Å²) in [4.78, 5) is 18.1. The largest absolute Gasteiger partial charge is 0.497 e. The molecule has 1 aliphatic rings. The van der Waals surface area contributed by atoms with Crippen molar-refractivity contribution >= 4 is 22.8 Å². The van der Waals surface area contributed by atoms with E-state index >= 15 is 0 Å². The summed E-state index contributed by atoms with van der Waals surface area (Å²) < 4.78 is 10.6. The summed E-state index contributed by atoms with van der Waals surface area (Å²) in [5.41, 5.74) is 2.20. The number of aromatic nitrogens is 3. The summed E-state index contributed by atoms with van der Waals surface area (Å²) in [6.45, 7) is 2.90. The molecule has 1 aliphatic heterocycles. The number of nitrogens with one attached hydrogen (secondary N) is 2. The maximum absolute atomic E-state index is 12.0. The zero-order chi connectivity index (χ0) is 22.5. The van der Waals surface area contributed by atoms with Crippen LogP contribution in [0.4, 0.5) is 5.82 Å². The summed E-state index contributed by atoms with van der Waals surface area (Å²) in [6.07, 6.45) is 2.51. The van der Waals surface area contributed by atoms with E-state index in [4.69, 9.17) is 9.47 Å². The number of nitrogens with zero attached hydrogens (tertiary/aromatic N) is 3. The normalized spacial score (nSPS) is 14.8. The van der Waals surface area contributed by atoms with Crippen LogP contribution in [0.25, 0.3) is 11.0 Å². The van der Waals surface area contributed by atoms with E-state index in [9.17, 15) is 4.79 Å². The Morgan fingerprint density at radius 2 is 2.00 bits per heavy atom. The van der Waals surface area contributed by atoms with Crippen molar-refractivity contribution in [3.05, 3.63) is 41.6 Å². The molecule has 1 saturated heterocycles. The Bertz CT molecular complexity index is 1250. The van der Waals surface area contributed by atoms with Crippen molar-refractivity contribution in [3.8, 4) is 35.2 Å². The van der Waals surface area contributed by atoms with Crippen LogP contribution in [-0.4, -0.2) is 59.3 Å². The highest BCUT2D eigenvalue weighted by Gasteiger charge is 2.26. The van der Waals surface area contributed by atoms with E-state index in [-0.39, 0.29) is 11.9 Å². The van der Waals surface area contributed by atoms with Gasteiger partial charge in [-0.25, -0.2) is 4.98 Å². The number of pyridine rings is 1. The number of carbonyl (C=O) groups excluding carboxylic acids is 1. The number of anilines is 1. The SMILES string of the molecule is CC#CC(=O)N1CCC(Nc2n[nH]c3nccc(C#Cc4cc(OC)cc(OC)c4)c23)C1. The number of aromatic amines is 1. The Kier molecular flexibility index (Phi) is 6.14. The maximum atomic E-state index is 12.0. The first kappa shape index (κ1) is 21.1. The number of likely N-dealkylation sites (tertiary alicyclic amines) is 1. The third-order valence-corrected chi connectivity index (χ3v) is 5.20. The fraction of sp³-hybridized carbons (Fsp3) is 0.292. The van der Waals surface area contributed by atoms with Crippen molar-refractivity contribution in [1.29, 1.82) is 0 Å². The number of fused-ring (bicyclic) bond motifs is 1. The molecule has 0 bridgehead atoms. The van der Waals surface area contributed by atoms with Crippen molar-refractivity contribution < 1.29 is 14.3 Å². The van der Waals surface area contributed by atoms with Gasteiger partial charge in [0.25, 0.3) is 5.91 Å². The van der Waals surface area contributed by atoms with Gasteiger partial charge in [0.2, 0.25) is 0 Å². The molecule has 1 fully saturated rings. The summed E-state index contributed by atoms with van der Waals surface area (Å²) in [6, 6.07) is 7.44. The molecular weight excluding hydrogens is 406 g/mol. The van der Waals surface area contributed by atoms with Crippen LogP contribution >= 0.6 is 0 Å². The van der Waals surface area contributed by atoms with Gasteiger partial charge in [-0.2, -0.15) is 5.10 Å². The van der Waals surface area contributed by atoms with E-state index in [1.165, 1.54) is 0 Å². The lowest BCUT2D eigenvalue weighted by Crippen LogP contribution is -2.30. The number of ether oxygens (including phenoxy) is 2. The summed E-state index contributed by atoms with van der Waals surface area (Å²) >= 11 is 0. The molecule has 1 aromatic carbocycles. The minimum atomic E-state index is -0.148. The molecule has 8 nitrogen and oxygen atoms in total. The zero-order valence-corrected chi connectivity index (χ0v) is 18.2. The molecule has 3 heterocycles. The molecule has 0 saturated carbocycles. The van der Waals surface area contributed by atoms with Crippen molar-refractivity contribution in [2.24, 2.45) is 0 Å². The number of amides is 1. The third-order valence-electron chi connectivity index (χ3n) is 5.20. The van der Waals surface area contributed by atoms with Crippen molar-refractivity contribution in [2.45, 2.75) is 19.4 Å². The summed E-state index contributed by atoms with van der Waals surface area (Å²) in [7, 11) is 3.21. The zero-order valence-electron chi connectivity index (χ0n) is 18.2. The fourth-order valence-electron chi connectivity index (χ4n) is 3.62. The summed E-state index contributed by atoms with van der Waals surface area (Å²) in [5, 5.41) is 11.6. The van der Waals surface area contributed by atoms with Crippen LogP contribution in [0.1, 0.15) is 24.5 Å². The Balaban J connectivity index is 1.61. The average molecular weight is 429 g/mol.